The summed E-state index contributed by atoms with van der Waals surface area (Å²) >= 11 is 0. The molecule has 0 unspecified atom stereocenters. The van der Waals surface area contributed by atoms with Crippen LogP contribution in [0, 0.1) is 0 Å². The van der Waals surface area contributed by atoms with E-state index < -0.39 is 17.4 Å². The topological polar surface area (TPSA) is 91.7 Å². The van der Waals surface area contributed by atoms with Gasteiger partial charge in [0, 0.05) is 5.39 Å². The Kier molecular flexibility index (Phi) is 7.05. The molecule has 1 N–H and O–H groups in total. The van der Waals surface area contributed by atoms with Crippen molar-refractivity contribution < 1.29 is 23.8 Å². The van der Waals surface area contributed by atoms with Gasteiger partial charge in [-0.1, -0.05) is 61.7 Å². The number of methoxy groups -OCH3 is 3. The smallest absolute Gasteiger partial charge is 0.331 e. The van der Waals surface area contributed by atoms with Crippen LogP contribution in [0.2, 0.25) is 0 Å². The zero-order valence-corrected chi connectivity index (χ0v) is 21.8. The zero-order chi connectivity index (χ0) is 26.7. The highest BCUT2D eigenvalue weighted by atomic mass is 16.5. The lowest BCUT2D eigenvalue weighted by atomic mass is 9.81. The molecule has 0 aliphatic heterocycles. The molecule has 0 saturated heterocycles. The lowest BCUT2D eigenvalue weighted by molar-refractivity contribution is -0.149. The maximum atomic E-state index is 13.7. The van der Waals surface area contributed by atoms with Gasteiger partial charge in [0.2, 0.25) is 0 Å². The number of carbonyl (C=O) groups is 2. The number of esters is 1. The molecule has 38 heavy (non-hydrogen) atoms. The largest absolute Gasteiger partial charge is 0.496 e. The van der Waals surface area contributed by atoms with E-state index in [0.717, 1.165) is 35.7 Å². The number of carbonyl (C=O) groups excluding carboxylic acids is 2. The van der Waals surface area contributed by atoms with Gasteiger partial charge in [-0.3, -0.25) is 4.79 Å². The van der Waals surface area contributed by atoms with Crippen molar-refractivity contribution in [1.29, 1.82) is 0 Å². The minimum absolute atomic E-state index is 0.176. The van der Waals surface area contributed by atoms with E-state index in [0.29, 0.717) is 35.6 Å². The molecule has 0 spiro atoms. The summed E-state index contributed by atoms with van der Waals surface area (Å²) in [5.74, 6) is 0.295. The Bertz CT molecular complexity index is 1460. The Balaban J connectivity index is 1.68. The number of fused-ring (bicyclic) bond motifs is 1. The molecule has 1 aliphatic carbocycles. The van der Waals surface area contributed by atoms with Crippen molar-refractivity contribution in [3.05, 3.63) is 72.4 Å². The van der Waals surface area contributed by atoms with Crippen LogP contribution in [0.4, 0.5) is 0 Å². The second-order valence-corrected chi connectivity index (χ2v) is 9.45. The van der Waals surface area contributed by atoms with Crippen LogP contribution in [0.3, 0.4) is 0 Å². The fourth-order valence-corrected chi connectivity index (χ4v) is 5.36. The zero-order valence-electron chi connectivity index (χ0n) is 21.8. The molecule has 1 saturated carbocycles. The van der Waals surface area contributed by atoms with Gasteiger partial charge in [0.15, 0.2) is 5.69 Å². The van der Waals surface area contributed by atoms with Crippen LogP contribution >= 0.6 is 0 Å². The third-order valence-corrected chi connectivity index (χ3v) is 7.26. The van der Waals surface area contributed by atoms with E-state index in [4.69, 9.17) is 19.3 Å². The van der Waals surface area contributed by atoms with E-state index >= 15 is 0 Å². The van der Waals surface area contributed by atoms with Crippen molar-refractivity contribution in [2.75, 3.05) is 21.3 Å². The first kappa shape index (κ1) is 25.3. The fraction of sp³-hybridized carbons (Fsp3) is 0.300. The maximum Gasteiger partial charge on any atom is 0.331 e. The van der Waals surface area contributed by atoms with Gasteiger partial charge < -0.3 is 19.5 Å². The lowest BCUT2D eigenvalue weighted by Crippen LogP contribution is -2.56. The molecule has 1 fully saturated rings. The van der Waals surface area contributed by atoms with Gasteiger partial charge in [0.05, 0.1) is 38.3 Å². The third-order valence-electron chi connectivity index (χ3n) is 7.26. The maximum absolute atomic E-state index is 13.7. The van der Waals surface area contributed by atoms with Crippen molar-refractivity contribution in [3.63, 3.8) is 0 Å². The van der Waals surface area contributed by atoms with Crippen molar-refractivity contribution >= 4 is 22.6 Å². The minimum Gasteiger partial charge on any atom is -0.496 e. The second-order valence-electron chi connectivity index (χ2n) is 9.45. The van der Waals surface area contributed by atoms with Crippen LogP contribution in [0.15, 0.2) is 66.7 Å². The summed E-state index contributed by atoms with van der Waals surface area (Å²) in [6, 6.07) is 21.2. The summed E-state index contributed by atoms with van der Waals surface area (Å²) < 4.78 is 18.2. The number of benzene rings is 3. The molecule has 4 aromatic rings. The minimum atomic E-state index is -1.06. The van der Waals surface area contributed by atoms with E-state index in [-0.39, 0.29) is 5.69 Å². The van der Waals surface area contributed by atoms with E-state index in [1.807, 2.05) is 60.7 Å². The van der Waals surface area contributed by atoms with Crippen LogP contribution in [0.25, 0.3) is 27.7 Å². The molecular formula is C30H31N3O5. The summed E-state index contributed by atoms with van der Waals surface area (Å²) in [4.78, 5) is 26.5. The molecule has 1 amide bonds. The van der Waals surface area contributed by atoms with Crippen molar-refractivity contribution in [2.45, 2.75) is 37.6 Å². The summed E-state index contributed by atoms with van der Waals surface area (Å²) in [6.45, 7) is 0. The molecule has 8 heteroatoms. The average Bonchev–Trinajstić information content (AvgIpc) is 3.41. The standard InChI is InChI=1S/C30H31N3O5/c1-36-25-15-10-16-26(37-2)27(25)24-19-22(28(34)31-30(29(35)38-3)17-7-4-8-18-30)32-33(24)23-14-9-12-20-11-5-6-13-21(20)23/h5-6,9-16,19H,4,7-8,17-18H2,1-3H3,(H,31,34). The van der Waals surface area contributed by atoms with E-state index in [9.17, 15) is 9.59 Å². The number of rotatable bonds is 7. The SMILES string of the molecule is COC(=O)C1(NC(=O)c2cc(-c3c(OC)cccc3OC)n(-c3cccc4ccccc34)n2)CCCCC1. The number of nitrogens with zero attached hydrogens (tertiary/aromatic N) is 2. The number of amides is 1. The number of hydrogen-bond acceptors (Lipinski definition) is 6. The Hall–Kier alpha value is -4.33. The van der Waals surface area contributed by atoms with Gasteiger partial charge in [-0.15, -0.1) is 0 Å². The van der Waals surface area contributed by atoms with Gasteiger partial charge in [-0.05, 0) is 42.5 Å². The predicted molar refractivity (Wildman–Crippen MR) is 145 cm³/mol. The van der Waals surface area contributed by atoms with Crippen molar-refractivity contribution in [2.24, 2.45) is 0 Å². The van der Waals surface area contributed by atoms with E-state index in [1.165, 1.54) is 7.11 Å². The second kappa shape index (κ2) is 10.6. The summed E-state index contributed by atoms with van der Waals surface area (Å²) in [5.41, 5.74) is 1.20. The fourth-order valence-electron chi connectivity index (χ4n) is 5.36. The third kappa shape index (κ3) is 4.47. The summed E-state index contributed by atoms with van der Waals surface area (Å²) in [5, 5.41) is 9.78. The first-order valence-electron chi connectivity index (χ1n) is 12.7. The monoisotopic (exact) mass is 513 g/mol. The first-order valence-corrected chi connectivity index (χ1v) is 12.7. The molecule has 1 heterocycles. The molecule has 0 atom stereocenters. The van der Waals surface area contributed by atoms with Crippen LogP contribution in [0.1, 0.15) is 42.6 Å². The van der Waals surface area contributed by atoms with Gasteiger partial charge >= 0.3 is 5.97 Å². The highest BCUT2D eigenvalue weighted by Crippen LogP contribution is 2.40. The lowest BCUT2D eigenvalue weighted by Gasteiger charge is -2.34. The average molecular weight is 514 g/mol. The summed E-state index contributed by atoms with van der Waals surface area (Å²) in [6.07, 6.45) is 3.75. The van der Waals surface area contributed by atoms with Crippen LogP contribution in [-0.4, -0.2) is 48.5 Å². The van der Waals surface area contributed by atoms with Gasteiger partial charge in [-0.25, -0.2) is 9.48 Å². The molecule has 0 radical (unpaired) electrons. The molecule has 1 aliphatic rings. The van der Waals surface area contributed by atoms with Crippen LogP contribution in [-0.2, 0) is 9.53 Å². The van der Waals surface area contributed by atoms with Crippen molar-refractivity contribution in [3.8, 4) is 28.4 Å². The Morgan fingerprint density at radius 2 is 1.53 bits per heavy atom. The quantitative estimate of drug-likeness (QED) is 0.337. The highest BCUT2D eigenvalue weighted by molar-refractivity contribution is 5.99. The first-order chi connectivity index (χ1) is 18.5. The van der Waals surface area contributed by atoms with Gasteiger partial charge in [0.25, 0.3) is 5.91 Å². The Morgan fingerprint density at radius 1 is 0.868 bits per heavy atom. The van der Waals surface area contributed by atoms with Crippen LogP contribution in [0.5, 0.6) is 11.5 Å². The van der Waals surface area contributed by atoms with E-state index in [2.05, 4.69) is 5.32 Å². The number of nitrogens with one attached hydrogen (secondary N) is 1. The normalized spacial score (nSPS) is 14.6. The molecule has 196 valence electrons. The number of aromatic nitrogens is 2. The molecule has 3 aromatic carbocycles. The Labute approximate surface area is 221 Å². The number of hydrogen-bond donors (Lipinski definition) is 1. The van der Waals surface area contributed by atoms with Crippen molar-refractivity contribution in [1.82, 2.24) is 15.1 Å². The Morgan fingerprint density at radius 3 is 2.21 bits per heavy atom. The van der Waals surface area contributed by atoms with E-state index in [1.54, 1.807) is 25.0 Å². The summed E-state index contributed by atoms with van der Waals surface area (Å²) in [7, 11) is 4.54. The molecule has 0 bridgehead atoms. The molecular weight excluding hydrogens is 482 g/mol. The predicted octanol–water partition coefficient (Wildman–Crippen LogP) is 5.32. The van der Waals surface area contributed by atoms with Crippen LogP contribution < -0.4 is 14.8 Å². The molecule has 8 nitrogen and oxygen atoms in total. The van der Waals surface area contributed by atoms with Gasteiger partial charge in [-0.2, -0.15) is 5.10 Å². The molecule has 1 aromatic heterocycles. The number of ether oxygens (including phenoxy) is 3. The highest BCUT2D eigenvalue weighted by Gasteiger charge is 2.42. The molecule has 5 rings (SSSR count). The van der Waals surface area contributed by atoms with Gasteiger partial charge in [0.1, 0.15) is 17.0 Å².